The molecule has 0 aromatic heterocycles. The molecule has 0 aromatic carbocycles. The number of hydrogen-bond donors (Lipinski definition) is 2. The van der Waals surface area contributed by atoms with Crippen molar-refractivity contribution in [3.63, 3.8) is 0 Å². The van der Waals surface area contributed by atoms with Crippen LogP contribution in [0, 0.1) is 0 Å². The number of hydrogen-bond acceptors (Lipinski definition) is 4. The predicted molar refractivity (Wildman–Crippen MR) is 68.0 cm³/mol. The first kappa shape index (κ1) is 14.1. The molecule has 0 saturated carbocycles. The van der Waals surface area contributed by atoms with Crippen molar-refractivity contribution in [1.82, 2.24) is 15.1 Å². The summed E-state index contributed by atoms with van der Waals surface area (Å²) in [6, 6.07) is -0.236. The molecular formula is C12H21N3O4. The van der Waals surface area contributed by atoms with Gasteiger partial charge in [-0.3, -0.25) is 0 Å². The molecule has 19 heavy (non-hydrogen) atoms. The molecule has 2 amide bonds. The number of carbonyl (C=O) groups excluding carboxylic acids is 1. The lowest BCUT2D eigenvalue weighted by Gasteiger charge is -2.39. The fourth-order valence-electron chi connectivity index (χ4n) is 2.60. The van der Waals surface area contributed by atoms with Crippen LogP contribution in [0.3, 0.4) is 0 Å². The van der Waals surface area contributed by atoms with Gasteiger partial charge in [0.25, 0.3) is 0 Å². The topological polar surface area (TPSA) is 82.1 Å². The highest BCUT2D eigenvalue weighted by molar-refractivity contribution is 5.87. The maximum Gasteiger partial charge on any atom is 0.332 e. The first-order chi connectivity index (χ1) is 8.94. The Hall–Kier alpha value is -1.34. The van der Waals surface area contributed by atoms with Crippen LogP contribution in [0.2, 0.25) is 0 Å². The lowest BCUT2D eigenvalue weighted by molar-refractivity contribution is -0.144. The number of carboxylic acid groups (broad SMARTS) is 1. The number of rotatable bonds is 2. The number of urea groups is 1. The van der Waals surface area contributed by atoms with Gasteiger partial charge in [0, 0.05) is 38.7 Å². The molecular weight excluding hydrogens is 250 g/mol. The second-order valence-electron chi connectivity index (χ2n) is 5.42. The van der Waals surface area contributed by atoms with Crippen molar-refractivity contribution in [3.8, 4) is 0 Å². The van der Waals surface area contributed by atoms with E-state index in [1.165, 1.54) is 0 Å². The Balaban J connectivity index is 2.02. The van der Waals surface area contributed by atoms with Crippen molar-refractivity contribution >= 4 is 12.0 Å². The Morgan fingerprint density at radius 3 is 2.68 bits per heavy atom. The monoisotopic (exact) mass is 271 g/mol. The summed E-state index contributed by atoms with van der Waals surface area (Å²) in [5.74, 6) is -1.03. The minimum atomic E-state index is -1.26. The van der Waals surface area contributed by atoms with Crippen LogP contribution in [0.5, 0.6) is 0 Å². The van der Waals surface area contributed by atoms with E-state index in [9.17, 15) is 14.7 Å². The van der Waals surface area contributed by atoms with E-state index < -0.39 is 11.5 Å². The molecule has 2 aliphatic heterocycles. The number of nitrogens with one attached hydrogen (secondary N) is 1. The lowest BCUT2D eigenvalue weighted by atomic mass is 9.99. The number of carbonyl (C=O) groups is 2. The van der Waals surface area contributed by atoms with E-state index in [-0.39, 0.29) is 18.7 Å². The first-order valence-corrected chi connectivity index (χ1v) is 6.53. The van der Waals surface area contributed by atoms with Crippen LogP contribution in [0.1, 0.15) is 13.3 Å². The maximum absolute atomic E-state index is 12.3. The highest BCUT2D eigenvalue weighted by Gasteiger charge is 2.45. The largest absolute Gasteiger partial charge is 0.479 e. The molecule has 0 radical (unpaired) electrons. The standard InChI is InChI=1S/C12H21N3O4/c1-9-7-14(2)4-5-15(9)11(18)13-12(10(16)17)3-6-19-8-12/h9H,3-8H2,1-2H3,(H,13,18)(H,16,17). The number of piperazine rings is 1. The Labute approximate surface area is 112 Å². The third-order valence-corrected chi connectivity index (χ3v) is 3.87. The van der Waals surface area contributed by atoms with Crippen LogP contribution in [0.15, 0.2) is 0 Å². The molecule has 2 rings (SSSR count). The van der Waals surface area contributed by atoms with E-state index in [1.54, 1.807) is 4.90 Å². The Morgan fingerprint density at radius 2 is 2.16 bits per heavy atom. The fourth-order valence-corrected chi connectivity index (χ4v) is 2.60. The summed E-state index contributed by atoms with van der Waals surface area (Å²) in [5, 5.41) is 11.9. The van der Waals surface area contributed by atoms with E-state index in [2.05, 4.69) is 10.2 Å². The third-order valence-electron chi connectivity index (χ3n) is 3.87. The smallest absolute Gasteiger partial charge is 0.332 e. The van der Waals surface area contributed by atoms with Crippen molar-refractivity contribution in [3.05, 3.63) is 0 Å². The fraction of sp³-hybridized carbons (Fsp3) is 0.833. The first-order valence-electron chi connectivity index (χ1n) is 6.53. The van der Waals surface area contributed by atoms with Crippen molar-refractivity contribution in [1.29, 1.82) is 0 Å². The van der Waals surface area contributed by atoms with Gasteiger partial charge in [0.15, 0.2) is 5.54 Å². The van der Waals surface area contributed by atoms with Crippen LogP contribution < -0.4 is 5.32 Å². The average molecular weight is 271 g/mol. The molecule has 2 N–H and O–H groups in total. The van der Waals surface area contributed by atoms with Crippen LogP contribution >= 0.6 is 0 Å². The van der Waals surface area contributed by atoms with Crippen LogP contribution in [0.4, 0.5) is 4.79 Å². The van der Waals surface area contributed by atoms with Crippen molar-refractivity contribution < 1.29 is 19.4 Å². The Bertz CT molecular complexity index is 368. The molecule has 2 heterocycles. The van der Waals surface area contributed by atoms with Crippen LogP contribution in [0.25, 0.3) is 0 Å². The Kier molecular flexibility index (Phi) is 3.96. The summed E-state index contributed by atoms with van der Waals surface area (Å²) in [7, 11) is 2.01. The predicted octanol–water partition coefficient (Wildman–Crippen LogP) is -0.424. The molecule has 0 spiro atoms. The van der Waals surface area contributed by atoms with Crippen LogP contribution in [-0.2, 0) is 9.53 Å². The molecule has 2 saturated heterocycles. The van der Waals surface area contributed by atoms with Gasteiger partial charge in [-0.15, -0.1) is 0 Å². The zero-order valence-corrected chi connectivity index (χ0v) is 11.4. The Morgan fingerprint density at radius 1 is 1.42 bits per heavy atom. The van der Waals surface area contributed by atoms with E-state index in [4.69, 9.17) is 4.74 Å². The van der Waals surface area contributed by atoms with Crippen molar-refractivity contribution in [2.75, 3.05) is 39.9 Å². The highest BCUT2D eigenvalue weighted by atomic mass is 16.5. The quantitative estimate of drug-likeness (QED) is 0.712. The number of amides is 2. The molecule has 2 atom stereocenters. The number of nitrogens with zero attached hydrogens (tertiary/aromatic N) is 2. The summed E-state index contributed by atoms with van der Waals surface area (Å²) < 4.78 is 5.13. The van der Waals surface area contributed by atoms with Crippen LogP contribution in [-0.4, -0.2) is 78.4 Å². The maximum atomic E-state index is 12.3. The lowest BCUT2D eigenvalue weighted by Crippen LogP contribution is -2.62. The zero-order chi connectivity index (χ0) is 14.0. The van der Waals surface area contributed by atoms with Gasteiger partial charge < -0.3 is 25.0 Å². The summed E-state index contributed by atoms with van der Waals surface area (Å²) >= 11 is 0. The minimum absolute atomic E-state index is 0.0379. The molecule has 0 aliphatic carbocycles. The number of carboxylic acids is 1. The normalized spacial score (nSPS) is 32.3. The summed E-state index contributed by atoms with van der Waals surface area (Å²) in [6.45, 7) is 4.58. The summed E-state index contributed by atoms with van der Waals surface area (Å²) in [5.41, 5.74) is -1.26. The second-order valence-corrected chi connectivity index (χ2v) is 5.42. The van der Waals surface area contributed by atoms with E-state index in [0.29, 0.717) is 19.6 Å². The minimum Gasteiger partial charge on any atom is -0.479 e. The van der Waals surface area contributed by atoms with Crippen molar-refractivity contribution in [2.45, 2.75) is 24.9 Å². The van der Waals surface area contributed by atoms with Gasteiger partial charge in [-0.2, -0.15) is 0 Å². The number of ether oxygens (including phenoxy) is 1. The van der Waals surface area contributed by atoms with Gasteiger partial charge in [-0.05, 0) is 14.0 Å². The molecule has 7 nitrogen and oxygen atoms in total. The van der Waals surface area contributed by atoms with E-state index in [1.807, 2.05) is 14.0 Å². The third kappa shape index (κ3) is 2.82. The van der Waals surface area contributed by atoms with Gasteiger partial charge >= 0.3 is 12.0 Å². The molecule has 0 aromatic rings. The molecule has 2 fully saturated rings. The van der Waals surface area contributed by atoms with Crippen molar-refractivity contribution in [2.24, 2.45) is 0 Å². The molecule has 2 unspecified atom stereocenters. The zero-order valence-electron chi connectivity index (χ0n) is 11.4. The molecule has 7 heteroatoms. The SMILES string of the molecule is CC1CN(C)CCN1C(=O)NC1(C(=O)O)CCOC1. The summed E-state index contributed by atoms with van der Waals surface area (Å²) in [6.07, 6.45) is 0.316. The second kappa shape index (κ2) is 5.34. The molecule has 0 bridgehead atoms. The van der Waals surface area contributed by atoms with Gasteiger partial charge in [0.1, 0.15) is 0 Å². The average Bonchev–Trinajstić information content (AvgIpc) is 2.78. The van der Waals surface area contributed by atoms with Gasteiger partial charge in [0.05, 0.1) is 6.61 Å². The van der Waals surface area contributed by atoms with Gasteiger partial charge in [-0.25, -0.2) is 9.59 Å². The van der Waals surface area contributed by atoms with Gasteiger partial charge in [0.2, 0.25) is 0 Å². The highest BCUT2D eigenvalue weighted by Crippen LogP contribution is 2.20. The molecule has 2 aliphatic rings. The van der Waals surface area contributed by atoms with E-state index >= 15 is 0 Å². The summed E-state index contributed by atoms with van der Waals surface area (Å²) in [4.78, 5) is 27.5. The van der Waals surface area contributed by atoms with E-state index in [0.717, 1.165) is 13.1 Å². The van der Waals surface area contributed by atoms with Gasteiger partial charge in [-0.1, -0.05) is 0 Å². The number of aliphatic carboxylic acids is 1. The molecule has 108 valence electrons. The number of likely N-dealkylation sites (N-methyl/N-ethyl adjacent to an activating group) is 1.